The number of amides is 1. The first kappa shape index (κ1) is 13.8. The summed E-state index contributed by atoms with van der Waals surface area (Å²) < 4.78 is 10.4. The van der Waals surface area contributed by atoms with Crippen LogP contribution in [-0.4, -0.2) is 12.5 Å². The van der Waals surface area contributed by atoms with Crippen LogP contribution in [0, 0.1) is 0 Å². The van der Waals surface area contributed by atoms with Crippen LogP contribution >= 0.6 is 23.2 Å². The fourth-order valence-corrected chi connectivity index (χ4v) is 1.65. The molecule has 4 nitrogen and oxygen atoms in total. The van der Waals surface area contributed by atoms with Crippen LogP contribution in [0.3, 0.4) is 0 Å². The average molecular weight is 300 g/mol. The van der Waals surface area contributed by atoms with E-state index in [1.807, 2.05) is 0 Å². The molecule has 0 fully saturated rings. The van der Waals surface area contributed by atoms with Gasteiger partial charge in [0.15, 0.2) is 11.8 Å². The van der Waals surface area contributed by atoms with Gasteiger partial charge in [0.05, 0.1) is 6.54 Å². The number of hydrogen-bond donors (Lipinski definition) is 1. The minimum absolute atomic E-state index is 0.0733. The zero-order valence-corrected chi connectivity index (χ0v) is 11.4. The molecule has 0 saturated heterocycles. The van der Waals surface area contributed by atoms with Gasteiger partial charge in [-0.25, -0.2) is 0 Å². The second-order valence-corrected chi connectivity index (χ2v) is 4.53. The van der Waals surface area contributed by atoms with Crippen LogP contribution in [0.15, 0.2) is 40.8 Å². The van der Waals surface area contributed by atoms with Gasteiger partial charge < -0.3 is 14.5 Å². The lowest BCUT2D eigenvalue weighted by Crippen LogP contribution is -2.28. The monoisotopic (exact) mass is 299 g/mol. The second-order valence-electron chi connectivity index (χ2n) is 3.73. The Kier molecular flexibility index (Phi) is 4.71. The molecule has 0 spiro atoms. The fourth-order valence-electron chi connectivity index (χ4n) is 1.36. The predicted molar refractivity (Wildman–Crippen MR) is 72.5 cm³/mol. The topological polar surface area (TPSA) is 51.5 Å². The molecule has 0 aliphatic carbocycles. The molecule has 1 N–H and O–H groups in total. The van der Waals surface area contributed by atoms with Crippen molar-refractivity contribution in [3.63, 3.8) is 0 Å². The van der Waals surface area contributed by atoms with E-state index < -0.39 is 0 Å². The third-order valence-corrected chi connectivity index (χ3v) is 2.73. The summed E-state index contributed by atoms with van der Waals surface area (Å²) in [6.45, 7) is 0.200. The Bertz CT molecular complexity index is 551. The van der Waals surface area contributed by atoms with Crippen molar-refractivity contribution >= 4 is 29.1 Å². The summed E-state index contributed by atoms with van der Waals surface area (Å²) in [7, 11) is 0. The molecule has 1 heterocycles. The molecule has 1 amide bonds. The van der Waals surface area contributed by atoms with Gasteiger partial charge in [-0.1, -0.05) is 11.6 Å². The molecule has 2 aromatic rings. The highest BCUT2D eigenvalue weighted by Crippen LogP contribution is 2.15. The Balaban J connectivity index is 1.74. The molecule has 0 atom stereocenters. The number of nitrogens with one attached hydrogen (secondary N) is 1. The van der Waals surface area contributed by atoms with Gasteiger partial charge in [0.25, 0.3) is 5.91 Å². The van der Waals surface area contributed by atoms with Gasteiger partial charge in [-0.05, 0) is 48.0 Å². The molecule has 1 aromatic heterocycles. The Hall–Kier alpha value is -1.65. The Labute approximate surface area is 120 Å². The van der Waals surface area contributed by atoms with Crippen molar-refractivity contribution in [3.05, 3.63) is 52.4 Å². The number of rotatable bonds is 5. The standard InChI is InChI=1S/C13H11Cl2NO3/c14-9-1-3-10(4-2-9)18-8-13(17)16-7-11-5-6-12(15)19-11/h1-6H,7-8H2,(H,16,17). The molecule has 1 aromatic carbocycles. The van der Waals surface area contributed by atoms with Gasteiger partial charge >= 0.3 is 0 Å². The molecular weight excluding hydrogens is 289 g/mol. The molecule has 6 heteroatoms. The Morgan fingerprint density at radius 1 is 1.16 bits per heavy atom. The SMILES string of the molecule is O=C(COc1ccc(Cl)cc1)NCc1ccc(Cl)o1. The number of carbonyl (C=O) groups excluding carboxylic acids is 1. The maximum atomic E-state index is 11.5. The zero-order valence-electron chi connectivity index (χ0n) is 9.86. The summed E-state index contributed by atoms with van der Waals surface area (Å²) in [5.41, 5.74) is 0. The van der Waals surface area contributed by atoms with Crippen molar-refractivity contribution in [2.45, 2.75) is 6.54 Å². The molecule has 0 saturated carbocycles. The third-order valence-electron chi connectivity index (χ3n) is 2.27. The van der Waals surface area contributed by atoms with Crippen LogP contribution in [-0.2, 0) is 11.3 Å². The first-order valence-corrected chi connectivity index (χ1v) is 6.28. The van der Waals surface area contributed by atoms with Crippen LogP contribution in [0.25, 0.3) is 0 Å². The predicted octanol–water partition coefficient (Wildman–Crippen LogP) is 3.28. The molecule has 0 bridgehead atoms. The van der Waals surface area contributed by atoms with Gasteiger partial charge in [-0.15, -0.1) is 0 Å². The summed E-state index contributed by atoms with van der Waals surface area (Å²) in [5, 5.41) is 3.56. The minimum atomic E-state index is -0.248. The first-order valence-electron chi connectivity index (χ1n) is 5.53. The van der Waals surface area contributed by atoms with Gasteiger partial charge in [0.1, 0.15) is 11.5 Å². The van der Waals surface area contributed by atoms with E-state index in [2.05, 4.69) is 5.32 Å². The van der Waals surface area contributed by atoms with E-state index in [-0.39, 0.29) is 19.1 Å². The van der Waals surface area contributed by atoms with E-state index in [4.69, 9.17) is 32.4 Å². The summed E-state index contributed by atoms with van der Waals surface area (Å²) >= 11 is 11.4. The molecule has 0 unspecified atom stereocenters. The summed E-state index contributed by atoms with van der Waals surface area (Å²) in [5.74, 6) is 0.924. The van der Waals surface area contributed by atoms with E-state index in [1.54, 1.807) is 36.4 Å². The average Bonchev–Trinajstić information content (AvgIpc) is 2.81. The van der Waals surface area contributed by atoms with Crippen LogP contribution < -0.4 is 10.1 Å². The van der Waals surface area contributed by atoms with Crippen LogP contribution in [0.2, 0.25) is 10.2 Å². The van der Waals surface area contributed by atoms with E-state index in [9.17, 15) is 4.79 Å². The maximum Gasteiger partial charge on any atom is 0.258 e. The van der Waals surface area contributed by atoms with Crippen LogP contribution in [0.4, 0.5) is 0 Å². The molecule has 19 heavy (non-hydrogen) atoms. The maximum absolute atomic E-state index is 11.5. The number of halogens is 2. The van der Waals surface area contributed by atoms with Gasteiger partial charge in [0.2, 0.25) is 0 Å². The quantitative estimate of drug-likeness (QED) is 0.922. The number of ether oxygens (including phenoxy) is 1. The molecule has 0 aliphatic heterocycles. The minimum Gasteiger partial charge on any atom is -0.484 e. The van der Waals surface area contributed by atoms with Crippen molar-refractivity contribution < 1.29 is 13.9 Å². The summed E-state index contributed by atoms with van der Waals surface area (Å²) in [6.07, 6.45) is 0. The van der Waals surface area contributed by atoms with E-state index >= 15 is 0 Å². The van der Waals surface area contributed by atoms with E-state index in [0.29, 0.717) is 21.8 Å². The summed E-state index contributed by atoms with van der Waals surface area (Å²) in [4.78, 5) is 11.5. The molecule has 0 radical (unpaired) electrons. The van der Waals surface area contributed by atoms with E-state index in [0.717, 1.165) is 0 Å². The van der Waals surface area contributed by atoms with E-state index in [1.165, 1.54) is 0 Å². The highest BCUT2D eigenvalue weighted by Gasteiger charge is 2.05. The molecule has 2 rings (SSSR count). The smallest absolute Gasteiger partial charge is 0.258 e. The van der Waals surface area contributed by atoms with Crippen molar-refractivity contribution in [1.29, 1.82) is 0 Å². The van der Waals surface area contributed by atoms with Crippen molar-refractivity contribution in [1.82, 2.24) is 5.32 Å². The molecule has 100 valence electrons. The molecule has 0 aliphatic rings. The fraction of sp³-hybridized carbons (Fsp3) is 0.154. The Morgan fingerprint density at radius 2 is 1.89 bits per heavy atom. The normalized spacial score (nSPS) is 10.2. The lowest BCUT2D eigenvalue weighted by atomic mass is 10.3. The van der Waals surface area contributed by atoms with Crippen molar-refractivity contribution in [2.75, 3.05) is 6.61 Å². The van der Waals surface area contributed by atoms with Crippen molar-refractivity contribution in [3.8, 4) is 5.75 Å². The summed E-state index contributed by atoms with van der Waals surface area (Å²) in [6, 6.07) is 10.1. The van der Waals surface area contributed by atoms with Gasteiger partial charge in [-0.2, -0.15) is 0 Å². The third kappa shape index (κ3) is 4.50. The number of furan rings is 1. The largest absolute Gasteiger partial charge is 0.484 e. The Morgan fingerprint density at radius 3 is 2.53 bits per heavy atom. The lowest BCUT2D eigenvalue weighted by Gasteiger charge is -2.06. The van der Waals surface area contributed by atoms with Crippen LogP contribution in [0.1, 0.15) is 5.76 Å². The first-order chi connectivity index (χ1) is 9.13. The lowest BCUT2D eigenvalue weighted by molar-refractivity contribution is -0.123. The number of carbonyl (C=O) groups is 1. The second kappa shape index (κ2) is 6.50. The van der Waals surface area contributed by atoms with Crippen LogP contribution in [0.5, 0.6) is 5.75 Å². The highest BCUT2D eigenvalue weighted by atomic mass is 35.5. The number of benzene rings is 1. The zero-order chi connectivity index (χ0) is 13.7. The number of hydrogen-bond acceptors (Lipinski definition) is 3. The van der Waals surface area contributed by atoms with Gasteiger partial charge in [0, 0.05) is 5.02 Å². The van der Waals surface area contributed by atoms with Gasteiger partial charge in [-0.3, -0.25) is 4.79 Å². The van der Waals surface area contributed by atoms with Crippen molar-refractivity contribution in [2.24, 2.45) is 0 Å². The highest BCUT2D eigenvalue weighted by molar-refractivity contribution is 6.30. The molecular formula is C13H11Cl2NO3.